The number of aromatic nitrogens is 1. The number of carbonyl (C=O) groups excluding carboxylic acids is 1. The maximum Gasteiger partial charge on any atom is 0.251 e. The molecule has 2 heterocycles. The van der Waals surface area contributed by atoms with Crippen LogP contribution in [-0.2, 0) is 4.74 Å². The number of nitrogens with one attached hydrogen (secondary N) is 1. The number of nitriles is 1. The number of aliphatic hydroxyl groups excluding tert-OH is 2. The Bertz CT molecular complexity index is 920. The molecule has 1 aliphatic carbocycles. The number of rotatable bonds is 4. The zero-order chi connectivity index (χ0) is 21.1. The molecule has 1 amide bonds. The minimum atomic E-state index is -1.07. The molecule has 2 fully saturated rings. The Morgan fingerprint density at radius 3 is 2.53 bits per heavy atom. The van der Waals surface area contributed by atoms with Crippen molar-refractivity contribution >= 4 is 11.7 Å². The molecule has 156 valence electrons. The molecule has 1 aromatic carbocycles. The van der Waals surface area contributed by atoms with Crippen LogP contribution in [0.15, 0.2) is 42.6 Å². The van der Waals surface area contributed by atoms with Crippen molar-refractivity contribution in [3.8, 4) is 6.07 Å². The van der Waals surface area contributed by atoms with Gasteiger partial charge in [0, 0.05) is 30.8 Å². The van der Waals surface area contributed by atoms with Gasteiger partial charge in [0.25, 0.3) is 5.91 Å². The van der Waals surface area contributed by atoms with Gasteiger partial charge in [-0.05, 0) is 42.3 Å². The molecule has 1 saturated heterocycles. The van der Waals surface area contributed by atoms with Crippen LogP contribution in [0.2, 0.25) is 0 Å². The predicted molar refractivity (Wildman–Crippen MR) is 109 cm³/mol. The molecule has 1 aromatic heterocycles. The van der Waals surface area contributed by atoms with E-state index in [-0.39, 0.29) is 11.8 Å². The number of benzene rings is 1. The van der Waals surface area contributed by atoms with E-state index in [0.717, 1.165) is 24.5 Å². The van der Waals surface area contributed by atoms with Gasteiger partial charge in [-0.15, -0.1) is 0 Å². The lowest BCUT2D eigenvalue weighted by atomic mass is 9.94. The van der Waals surface area contributed by atoms with Gasteiger partial charge in [0.2, 0.25) is 0 Å². The molecule has 8 heteroatoms. The van der Waals surface area contributed by atoms with Crippen LogP contribution in [0.5, 0.6) is 0 Å². The molecular formula is C22H24N4O4. The molecule has 3 N–H and O–H groups in total. The fourth-order valence-corrected chi connectivity index (χ4v) is 4.08. The van der Waals surface area contributed by atoms with Crippen molar-refractivity contribution in [3.63, 3.8) is 0 Å². The van der Waals surface area contributed by atoms with Crippen LogP contribution >= 0.6 is 0 Å². The molecule has 2 aromatic rings. The number of pyridine rings is 1. The molecule has 1 saturated carbocycles. The first-order valence-corrected chi connectivity index (χ1v) is 10.0. The van der Waals surface area contributed by atoms with E-state index in [1.54, 1.807) is 30.5 Å². The van der Waals surface area contributed by atoms with Crippen LogP contribution in [0.1, 0.15) is 33.8 Å². The highest BCUT2D eigenvalue weighted by Crippen LogP contribution is 2.35. The van der Waals surface area contributed by atoms with E-state index in [2.05, 4.69) is 15.2 Å². The average Bonchev–Trinajstić information content (AvgIpc) is 3.08. The third-order valence-corrected chi connectivity index (χ3v) is 5.80. The number of anilines is 1. The van der Waals surface area contributed by atoms with Crippen LogP contribution in [-0.4, -0.2) is 65.7 Å². The van der Waals surface area contributed by atoms with E-state index in [9.17, 15) is 15.0 Å². The summed E-state index contributed by atoms with van der Waals surface area (Å²) >= 11 is 0. The van der Waals surface area contributed by atoms with Gasteiger partial charge in [0.05, 0.1) is 37.0 Å². The number of hydrogen-bond donors (Lipinski definition) is 3. The zero-order valence-electron chi connectivity index (χ0n) is 16.4. The minimum absolute atomic E-state index is 0.261. The van der Waals surface area contributed by atoms with Crippen molar-refractivity contribution in [2.75, 3.05) is 31.2 Å². The fraction of sp³-hybridized carbons (Fsp3) is 0.409. The Morgan fingerprint density at radius 2 is 1.90 bits per heavy atom. The Morgan fingerprint density at radius 1 is 1.17 bits per heavy atom. The van der Waals surface area contributed by atoms with E-state index < -0.39 is 18.2 Å². The standard InChI is InChI=1S/C22H24N4O4/c23-12-14-1-3-15(4-2-14)22(29)25-20-17(11-18(27)21(20)28)16-5-6-19(24-13-16)26-7-9-30-10-8-26/h1-6,13,17-18,20-21,27-28H,7-11H2,(H,25,29). The van der Waals surface area contributed by atoms with Crippen LogP contribution < -0.4 is 10.2 Å². The second-order valence-corrected chi connectivity index (χ2v) is 7.64. The highest BCUT2D eigenvalue weighted by molar-refractivity contribution is 5.94. The molecule has 0 spiro atoms. The smallest absolute Gasteiger partial charge is 0.251 e. The summed E-state index contributed by atoms with van der Waals surface area (Å²) in [4.78, 5) is 19.4. The Labute approximate surface area is 174 Å². The van der Waals surface area contributed by atoms with Crippen molar-refractivity contribution in [3.05, 3.63) is 59.3 Å². The first-order valence-electron chi connectivity index (χ1n) is 10.0. The summed E-state index contributed by atoms with van der Waals surface area (Å²) in [6, 6.07) is 11.5. The average molecular weight is 408 g/mol. The molecule has 1 aliphatic heterocycles. The third-order valence-electron chi connectivity index (χ3n) is 5.80. The number of hydrogen-bond acceptors (Lipinski definition) is 7. The van der Waals surface area contributed by atoms with E-state index in [4.69, 9.17) is 10.00 Å². The van der Waals surface area contributed by atoms with Crippen LogP contribution in [0.3, 0.4) is 0 Å². The first kappa shape index (κ1) is 20.3. The van der Waals surface area contributed by atoms with E-state index in [1.165, 1.54) is 0 Å². The predicted octanol–water partition coefficient (Wildman–Crippen LogP) is 0.798. The van der Waals surface area contributed by atoms with E-state index in [1.807, 2.05) is 18.2 Å². The van der Waals surface area contributed by atoms with Gasteiger partial charge < -0.3 is 25.2 Å². The summed E-state index contributed by atoms with van der Waals surface area (Å²) in [5.74, 6) is 0.239. The third kappa shape index (κ3) is 4.14. The molecular weight excluding hydrogens is 384 g/mol. The molecule has 2 aliphatic rings. The summed E-state index contributed by atoms with van der Waals surface area (Å²) in [6.45, 7) is 2.93. The number of amides is 1. The zero-order valence-corrected chi connectivity index (χ0v) is 16.4. The minimum Gasteiger partial charge on any atom is -0.390 e. The summed E-state index contributed by atoms with van der Waals surface area (Å²) in [5, 5.41) is 32.5. The molecule has 30 heavy (non-hydrogen) atoms. The summed E-state index contributed by atoms with van der Waals surface area (Å²) in [6.07, 6.45) is 0.0792. The molecule has 4 atom stereocenters. The number of carbonyl (C=O) groups is 1. The van der Waals surface area contributed by atoms with Gasteiger partial charge in [-0.3, -0.25) is 4.79 Å². The van der Waals surface area contributed by atoms with Crippen molar-refractivity contribution in [2.45, 2.75) is 30.6 Å². The topological polar surface area (TPSA) is 119 Å². The number of ether oxygens (including phenoxy) is 1. The Hall–Kier alpha value is -2.99. The Kier molecular flexibility index (Phi) is 5.95. The normalized spacial score (nSPS) is 26.2. The second kappa shape index (κ2) is 8.79. The lowest BCUT2D eigenvalue weighted by Crippen LogP contribution is -2.45. The fourth-order valence-electron chi connectivity index (χ4n) is 4.08. The number of morpholine rings is 1. The number of aliphatic hydroxyl groups is 2. The Balaban J connectivity index is 1.50. The lowest BCUT2D eigenvalue weighted by molar-refractivity contribution is 0.0294. The second-order valence-electron chi connectivity index (χ2n) is 7.64. The summed E-state index contributed by atoms with van der Waals surface area (Å²) in [7, 11) is 0. The van der Waals surface area contributed by atoms with Gasteiger partial charge in [0.15, 0.2) is 0 Å². The van der Waals surface area contributed by atoms with Crippen LogP contribution in [0.25, 0.3) is 0 Å². The molecule has 0 bridgehead atoms. The molecule has 0 radical (unpaired) electrons. The van der Waals surface area contributed by atoms with Gasteiger partial charge in [-0.1, -0.05) is 6.07 Å². The van der Waals surface area contributed by atoms with Gasteiger partial charge in [-0.25, -0.2) is 4.98 Å². The van der Waals surface area contributed by atoms with Gasteiger partial charge >= 0.3 is 0 Å². The maximum atomic E-state index is 12.7. The quantitative estimate of drug-likeness (QED) is 0.685. The highest BCUT2D eigenvalue weighted by Gasteiger charge is 2.43. The summed E-state index contributed by atoms with van der Waals surface area (Å²) < 4.78 is 5.37. The van der Waals surface area contributed by atoms with Crippen LogP contribution in [0, 0.1) is 11.3 Å². The monoisotopic (exact) mass is 408 g/mol. The number of nitrogens with zero attached hydrogens (tertiary/aromatic N) is 3. The van der Waals surface area contributed by atoms with E-state index >= 15 is 0 Å². The van der Waals surface area contributed by atoms with E-state index in [0.29, 0.717) is 30.8 Å². The molecule has 4 unspecified atom stereocenters. The van der Waals surface area contributed by atoms with Gasteiger partial charge in [0.1, 0.15) is 11.9 Å². The highest BCUT2D eigenvalue weighted by atomic mass is 16.5. The van der Waals surface area contributed by atoms with Crippen molar-refractivity contribution in [1.82, 2.24) is 10.3 Å². The maximum absolute atomic E-state index is 12.7. The first-order chi connectivity index (χ1) is 14.6. The van der Waals surface area contributed by atoms with Crippen molar-refractivity contribution in [2.24, 2.45) is 0 Å². The van der Waals surface area contributed by atoms with Crippen molar-refractivity contribution < 1.29 is 19.7 Å². The lowest BCUT2D eigenvalue weighted by Gasteiger charge is -2.28. The SMILES string of the molecule is N#Cc1ccc(C(=O)NC2C(c3ccc(N4CCOCC4)nc3)CC(O)C2O)cc1. The largest absolute Gasteiger partial charge is 0.390 e. The molecule has 4 rings (SSSR count). The summed E-state index contributed by atoms with van der Waals surface area (Å²) in [5.41, 5.74) is 1.71. The van der Waals surface area contributed by atoms with Gasteiger partial charge in [-0.2, -0.15) is 5.26 Å². The molecule has 8 nitrogen and oxygen atoms in total. The van der Waals surface area contributed by atoms with Crippen molar-refractivity contribution in [1.29, 1.82) is 5.26 Å². The van der Waals surface area contributed by atoms with Crippen LogP contribution in [0.4, 0.5) is 5.82 Å².